The zero-order chi connectivity index (χ0) is 37.4. The van der Waals surface area contributed by atoms with E-state index in [1.807, 2.05) is 39.6 Å². The summed E-state index contributed by atoms with van der Waals surface area (Å²) in [6, 6.07) is 2.52. The molecule has 2 heterocycles. The van der Waals surface area contributed by atoms with Gasteiger partial charge in [-0.15, -0.1) is 11.3 Å². The van der Waals surface area contributed by atoms with E-state index in [0.717, 1.165) is 42.7 Å². The Labute approximate surface area is 304 Å². The van der Waals surface area contributed by atoms with Crippen LogP contribution in [0.25, 0.3) is 0 Å². The van der Waals surface area contributed by atoms with Crippen LogP contribution in [-0.2, 0) is 25.5 Å². The predicted octanol–water partition coefficient (Wildman–Crippen LogP) is 3.85. The molecule has 1 aromatic heterocycles. The molecule has 1 aliphatic heterocycles. The third kappa shape index (κ3) is 9.92. The molecule has 280 valence electrons. The number of carboxylic acids is 1. The number of hydrogen-bond donors (Lipinski definition) is 4. The SMILES string of the molecule is CCC(C)C(NC(=O)C1CCCCN1C)C(=O)N(CCOC)[C@H](CC(=O)c1nc(C(=O)N[C@H]2Cc3ccc(O)cc3[C@H](C(=O)O)C2)cs1)C(C)C. The summed E-state index contributed by atoms with van der Waals surface area (Å²) in [5.74, 6) is -3.50. The number of aromatic nitrogens is 1. The third-order valence-electron chi connectivity index (χ3n) is 10.3. The van der Waals surface area contributed by atoms with E-state index in [9.17, 15) is 34.2 Å². The Balaban J connectivity index is 1.48. The number of phenols is 1. The van der Waals surface area contributed by atoms with Gasteiger partial charge in [-0.1, -0.05) is 46.6 Å². The summed E-state index contributed by atoms with van der Waals surface area (Å²) < 4.78 is 5.36. The Hall–Kier alpha value is -3.88. The Kier molecular flexibility index (Phi) is 14.1. The highest BCUT2D eigenvalue weighted by Crippen LogP contribution is 2.34. The number of likely N-dealkylation sites (N-methyl/N-ethyl adjacent to an activating group) is 1. The maximum absolute atomic E-state index is 14.4. The minimum absolute atomic E-state index is 0.0159. The number of amides is 3. The Morgan fingerprint density at radius 3 is 2.55 bits per heavy atom. The van der Waals surface area contributed by atoms with Crippen LogP contribution in [0.4, 0.5) is 0 Å². The van der Waals surface area contributed by atoms with E-state index in [-0.39, 0.29) is 77.9 Å². The van der Waals surface area contributed by atoms with E-state index in [2.05, 4.69) is 15.6 Å². The molecule has 3 unspecified atom stereocenters. The van der Waals surface area contributed by atoms with Gasteiger partial charge in [-0.3, -0.25) is 28.9 Å². The van der Waals surface area contributed by atoms with Gasteiger partial charge in [0.05, 0.1) is 18.6 Å². The Morgan fingerprint density at radius 1 is 1.16 bits per heavy atom. The lowest BCUT2D eigenvalue weighted by atomic mass is 9.80. The number of Topliss-reactive ketones (excluding diaryl/α,β-unsaturated/α-hetero) is 1. The number of carboxylic acid groups (broad SMARTS) is 1. The summed E-state index contributed by atoms with van der Waals surface area (Å²) in [6.07, 6.45) is 3.87. The van der Waals surface area contributed by atoms with Crippen LogP contribution < -0.4 is 10.6 Å². The van der Waals surface area contributed by atoms with E-state index in [0.29, 0.717) is 18.4 Å². The van der Waals surface area contributed by atoms with Gasteiger partial charge in [0.15, 0.2) is 10.8 Å². The molecular weight excluding hydrogens is 675 g/mol. The van der Waals surface area contributed by atoms with E-state index < -0.39 is 35.9 Å². The lowest BCUT2D eigenvalue weighted by Gasteiger charge is -2.39. The van der Waals surface area contributed by atoms with Crippen LogP contribution in [0, 0.1) is 11.8 Å². The highest BCUT2D eigenvalue weighted by Gasteiger charge is 2.38. The van der Waals surface area contributed by atoms with Crippen LogP contribution in [-0.4, -0.2) is 112 Å². The molecule has 13 nitrogen and oxygen atoms in total. The molecule has 0 spiro atoms. The van der Waals surface area contributed by atoms with Crippen molar-refractivity contribution in [1.29, 1.82) is 0 Å². The zero-order valence-electron chi connectivity index (χ0n) is 30.5. The minimum atomic E-state index is -1.05. The highest BCUT2D eigenvalue weighted by molar-refractivity contribution is 7.12. The van der Waals surface area contributed by atoms with Crippen LogP contribution in [0.3, 0.4) is 0 Å². The van der Waals surface area contributed by atoms with Gasteiger partial charge < -0.3 is 30.5 Å². The summed E-state index contributed by atoms with van der Waals surface area (Å²) in [4.78, 5) is 74.9. The number of likely N-dealkylation sites (tertiary alicyclic amines) is 1. The van der Waals surface area contributed by atoms with Crippen LogP contribution in [0.5, 0.6) is 5.75 Å². The Bertz CT molecular complexity index is 1560. The van der Waals surface area contributed by atoms with Crippen molar-refractivity contribution in [1.82, 2.24) is 25.4 Å². The molecule has 6 atom stereocenters. The van der Waals surface area contributed by atoms with E-state index >= 15 is 0 Å². The first kappa shape index (κ1) is 39.9. The first-order valence-corrected chi connectivity index (χ1v) is 18.8. The number of carbonyl (C=O) groups is 5. The maximum Gasteiger partial charge on any atom is 0.311 e. The monoisotopic (exact) mass is 727 g/mol. The molecule has 1 fully saturated rings. The fourth-order valence-corrected chi connectivity index (χ4v) is 7.84. The first-order chi connectivity index (χ1) is 24.2. The van der Waals surface area contributed by atoms with Gasteiger partial charge in [0, 0.05) is 37.5 Å². The lowest BCUT2D eigenvalue weighted by Crippen LogP contribution is -2.59. The van der Waals surface area contributed by atoms with Crippen molar-refractivity contribution in [3.8, 4) is 5.75 Å². The lowest BCUT2D eigenvalue weighted by molar-refractivity contribution is -0.142. The third-order valence-corrected chi connectivity index (χ3v) is 11.2. The van der Waals surface area contributed by atoms with Crippen LogP contribution in [0.1, 0.15) is 104 Å². The number of aromatic hydroxyl groups is 1. The molecule has 2 aromatic rings. The number of carbonyl (C=O) groups excluding carboxylic acids is 4. The van der Waals surface area contributed by atoms with E-state index in [1.165, 1.54) is 17.5 Å². The van der Waals surface area contributed by atoms with Gasteiger partial charge in [-0.25, -0.2) is 4.98 Å². The van der Waals surface area contributed by atoms with Crippen LogP contribution >= 0.6 is 11.3 Å². The summed E-state index contributed by atoms with van der Waals surface area (Å²) in [5.41, 5.74) is 1.31. The molecule has 1 aromatic carbocycles. The fourth-order valence-electron chi connectivity index (χ4n) is 7.09. The number of methoxy groups -OCH3 is 1. The number of rotatable bonds is 16. The number of benzene rings is 1. The minimum Gasteiger partial charge on any atom is -0.508 e. The molecule has 0 bridgehead atoms. The molecule has 3 amide bonds. The van der Waals surface area contributed by atoms with Gasteiger partial charge in [-0.05, 0) is 74.4 Å². The van der Waals surface area contributed by atoms with Crippen molar-refractivity contribution in [2.45, 2.75) is 103 Å². The van der Waals surface area contributed by atoms with Crippen molar-refractivity contribution in [2.24, 2.45) is 11.8 Å². The average Bonchev–Trinajstić information content (AvgIpc) is 3.60. The number of aliphatic carboxylic acids is 1. The second kappa shape index (κ2) is 18.1. The second-order valence-electron chi connectivity index (χ2n) is 14.2. The number of ether oxygens (including phenoxy) is 1. The van der Waals surface area contributed by atoms with Crippen LogP contribution in [0.2, 0.25) is 0 Å². The number of hydrogen-bond acceptors (Lipinski definition) is 10. The number of fused-ring (bicyclic) bond motifs is 1. The van der Waals surface area contributed by atoms with E-state index in [1.54, 1.807) is 18.1 Å². The highest BCUT2D eigenvalue weighted by atomic mass is 32.1. The summed E-state index contributed by atoms with van der Waals surface area (Å²) in [7, 11) is 3.48. The van der Waals surface area contributed by atoms with Gasteiger partial charge in [0.25, 0.3) is 5.91 Å². The van der Waals surface area contributed by atoms with Crippen molar-refractivity contribution < 1.29 is 38.9 Å². The number of piperidine rings is 1. The number of phenolic OH excluding ortho intramolecular Hbond substituents is 1. The summed E-state index contributed by atoms with van der Waals surface area (Å²) in [6.45, 7) is 9.09. The van der Waals surface area contributed by atoms with Crippen molar-refractivity contribution in [3.05, 3.63) is 45.4 Å². The van der Waals surface area contributed by atoms with Crippen molar-refractivity contribution >= 4 is 40.8 Å². The predicted molar refractivity (Wildman–Crippen MR) is 193 cm³/mol. The van der Waals surface area contributed by atoms with Gasteiger partial charge in [-0.2, -0.15) is 0 Å². The quantitative estimate of drug-likeness (QED) is 0.186. The van der Waals surface area contributed by atoms with Crippen molar-refractivity contribution in [2.75, 3.05) is 33.9 Å². The number of nitrogens with one attached hydrogen (secondary N) is 2. The van der Waals surface area contributed by atoms with Gasteiger partial charge in [0.1, 0.15) is 17.5 Å². The molecule has 0 saturated carbocycles. The molecule has 1 aliphatic carbocycles. The molecule has 1 saturated heterocycles. The molecular formula is C37H53N5O8S. The largest absolute Gasteiger partial charge is 0.508 e. The topological polar surface area (TPSA) is 178 Å². The Morgan fingerprint density at radius 2 is 1.90 bits per heavy atom. The second-order valence-corrected chi connectivity index (χ2v) is 15.1. The smallest absolute Gasteiger partial charge is 0.311 e. The molecule has 51 heavy (non-hydrogen) atoms. The average molecular weight is 728 g/mol. The molecule has 2 aliphatic rings. The molecule has 4 rings (SSSR count). The fraction of sp³-hybridized carbons (Fsp3) is 0.622. The number of thiazole rings is 1. The molecule has 4 N–H and O–H groups in total. The number of ketones is 1. The van der Waals surface area contributed by atoms with E-state index in [4.69, 9.17) is 4.74 Å². The van der Waals surface area contributed by atoms with Gasteiger partial charge >= 0.3 is 5.97 Å². The van der Waals surface area contributed by atoms with Crippen molar-refractivity contribution in [3.63, 3.8) is 0 Å². The number of nitrogens with zero attached hydrogens (tertiary/aromatic N) is 3. The zero-order valence-corrected chi connectivity index (χ0v) is 31.3. The summed E-state index contributed by atoms with van der Waals surface area (Å²) >= 11 is 1.04. The molecule has 0 radical (unpaired) electrons. The van der Waals surface area contributed by atoms with Crippen LogP contribution in [0.15, 0.2) is 23.6 Å². The summed E-state index contributed by atoms with van der Waals surface area (Å²) in [5, 5.41) is 27.3. The van der Waals surface area contributed by atoms with Gasteiger partial charge in [0.2, 0.25) is 11.8 Å². The first-order valence-electron chi connectivity index (χ1n) is 17.9. The standard InChI is InChI=1S/C37H53N5O8S/c1-7-22(4)32(40-34(46)29-10-8-9-13-41(29)5)36(47)42(14-15-50-6)30(21(2)3)19-31(44)35-39-28(20-51-35)33(45)38-24-16-23-11-12-25(43)18-26(23)27(17-24)37(48)49/h11-12,18,20-22,24,27,29-30,32,43H,7-10,13-17,19H2,1-6H3,(H,38,45)(H,40,46)(H,48,49)/t22?,24-,27+,29?,30+,32?/m0/s1. The molecule has 14 heteroatoms. The normalized spacial score (nSPS) is 20.9. The maximum atomic E-state index is 14.4.